The van der Waals surface area contributed by atoms with E-state index < -0.39 is 17.1 Å². The number of aromatic nitrogens is 2. The Bertz CT molecular complexity index is 738. The molecular formula is C14H13ClN2O3. The quantitative estimate of drug-likeness (QED) is 0.943. The van der Waals surface area contributed by atoms with E-state index in [1.807, 2.05) is 13.0 Å². The van der Waals surface area contributed by atoms with Gasteiger partial charge in [-0.1, -0.05) is 24.6 Å². The predicted octanol–water partition coefficient (Wildman–Crippen LogP) is 2.45. The highest BCUT2D eigenvalue weighted by Crippen LogP contribution is 2.19. The van der Waals surface area contributed by atoms with Crippen molar-refractivity contribution in [2.45, 2.75) is 20.3 Å². The molecule has 0 aliphatic rings. The van der Waals surface area contributed by atoms with Gasteiger partial charge in [0, 0.05) is 16.8 Å². The van der Waals surface area contributed by atoms with Crippen LogP contribution < -0.4 is 5.43 Å². The lowest BCUT2D eigenvalue weighted by atomic mass is 10.2. The van der Waals surface area contributed by atoms with Gasteiger partial charge in [0.1, 0.15) is 0 Å². The van der Waals surface area contributed by atoms with Crippen LogP contribution in [0, 0.1) is 6.92 Å². The minimum absolute atomic E-state index is 0.397. The van der Waals surface area contributed by atoms with E-state index in [4.69, 9.17) is 16.7 Å². The molecule has 20 heavy (non-hydrogen) atoms. The topological polar surface area (TPSA) is 72.2 Å². The van der Waals surface area contributed by atoms with Crippen LogP contribution >= 0.6 is 11.6 Å². The van der Waals surface area contributed by atoms with Gasteiger partial charge in [0.05, 0.1) is 5.69 Å². The van der Waals surface area contributed by atoms with Crippen LogP contribution in [0.15, 0.2) is 29.2 Å². The Morgan fingerprint density at radius 3 is 2.70 bits per heavy atom. The molecule has 0 atom stereocenters. The van der Waals surface area contributed by atoms with E-state index in [2.05, 4.69) is 5.10 Å². The van der Waals surface area contributed by atoms with E-state index in [0.29, 0.717) is 22.7 Å². The van der Waals surface area contributed by atoms with E-state index in [0.717, 1.165) is 5.56 Å². The van der Waals surface area contributed by atoms with Gasteiger partial charge in [0.15, 0.2) is 0 Å². The van der Waals surface area contributed by atoms with Crippen LogP contribution in [-0.4, -0.2) is 20.9 Å². The van der Waals surface area contributed by atoms with Gasteiger partial charge in [-0.2, -0.15) is 5.10 Å². The van der Waals surface area contributed by atoms with E-state index in [1.54, 1.807) is 19.1 Å². The first-order valence-electron chi connectivity index (χ1n) is 6.06. The second-order valence-electron chi connectivity index (χ2n) is 4.37. The molecule has 5 nitrogen and oxygen atoms in total. The van der Waals surface area contributed by atoms with Gasteiger partial charge in [-0.05, 0) is 31.0 Å². The highest BCUT2D eigenvalue weighted by Gasteiger charge is 2.15. The van der Waals surface area contributed by atoms with E-state index in [1.165, 1.54) is 10.9 Å². The lowest BCUT2D eigenvalue weighted by molar-refractivity contribution is 0.0686. The summed E-state index contributed by atoms with van der Waals surface area (Å²) in [7, 11) is 0. The number of halogens is 1. The number of hydrogen-bond donors (Lipinski definition) is 1. The lowest BCUT2D eigenvalue weighted by Crippen LogP contribution is -2.24. The van der Waals surface area contributed by atoms with Crippen molar-refractivity contribution in [1.29, 1.82) is 0 Å². The number of aromatic carboxylic acids is 1. The third-order valence-corrected chi connectivity index (χ3v) is 3.40. The Morgan fingerprint density at radius 2 is 2.15 bits per heavy atom. The summed E-state index contributed by atoms with van der Waals surface area (Å²) in [6.07, 6.45) is 1.97. The highest BCUT2D eigenvalue weighted by molar-refractivity contribution is 6.31. The fraction of sp³-hybridized carbons (Fsp3) is 0.214. The first-order valence-corrected chi connectivity index (χ1v) is 6.44. The van der Waals surface area contributed by atoms with Crippen molar-refractivity contribution in [3.05, 3.63) is 56.5 Å². The second-order valence-corrected chi connectivity index (χ2v) is 4.78. The molecule has 0 aliphatic carbocycles. The molecule has 2 rings (SSSR count). The molecule has 0 saturated carbocycles. The van der Waals surface area contributed by atoms with Crippen LogP contribution in [0.1, 0.15) is 28.5 Å². The molecule has 1 aromatic carbocycles. The molecule has 6 heteroatoms. The molecule has 0 saturated heterocycles. The van der Waals surface area contributed by atoms with Crippen LogP contribution in [0.4, 0.5) is 0 Å². The molecule has 2 aromatic rings. The van der Waals surface area contributed by atoms with Gasteiger partial charge in [0.2, 0.25) is 11.1 Å². The molecule has 0 bridgehead atoms. The predicted molar refractivity (Wildman–Crippen MR) is 75.9 cm³/mol. The lowest BCUT2D eigenvalue weighted by Gasteiger charge is -2.09. The molecule has 1 heterocycles. The highest BCUT2D eigenvalue weighted by atomic mass is 35.5. The zero-order valence-corrected chi connectivity index (χ0v) is 11.8. The normalized spacial score (nSPS) is 10.6. The van der Waals surface area contributed by atoms with Crippen molar-refractivity contribution in [2.75, 3.05) is 0 Å². The van der Waals surface area contributed by atoms with Gasteiger partial charge >= 0.3 is 5.97 Å². The Balaban J connectivity index is 2.68. The average molecular weight is 293 g/mol. The average Bonchev–Trinajstić information content (AvgIpc) is 2.42. The minimum atomic E-state index is -1.34. The molecule has 0 aliphatic heterocycles. The Kier molecular flexibility index (Phi) is 3.90. The number of aryl methyl sites for hydroxylation is 2. The first kappa shape index (κ1) is 14.3. The maximum atomic E-state index is 11.9. The third kappa shape index (κ3) is 2.58. The van der Waals surface area contributed by atoms with Crippen molar-refractivity contribution in [3.8, 4) is 5.69 Å². The third-order valence-electron chi connectivity index (χ3n) is 3.00. The van der Waals surface area contributed by atoms with Crippen molar-refractivity contribution in [1.82, 2.24) is 9.78 Å². The molecule has 1 N–H and O–H groups in total. The largest absolute Gasteiger partial charge is 0.476 e. The van der Waals surface area contributed by atoms with Gasteiger partial charge in [-0.3, -0.25) is 4.79 Å². The van der Waals surface area contributed by atoms with Crippen molar-refractivity contribution < 1.29 is 9.90 Å². The number of nitrogens with zero attached hydrogens (tertiary/aromatic N) is 2. The second kappa shape index (κ2) is 5.46. The molecule has 0 amide bonds. The molecule has 0 unspecified atom stereocenters. The van der Waals surface area contributed by atoms with E-state index in [9.17, 15) is 9.59 Å². The summed E-state index contributed by atoms with van der Waals surface area (Å²) in [4.78, 5) is 23.0. The fourth-order valence-corrected chi connectivity index (χ4v) is 1.96. The van der Waals surface area contributed by atoms with E-state index in [-0.39, 0.29) is 0 Å². The van der Waals surface area contributed by atoms with Crippen LogP contribution in [0.3, 0.4) is 0 Å². The first-order chi connectivity index (χ1) is 9.43. The molecule has 104 valence electrons. The maximum absolute atomic E-state index is 11.9. The van der Waals surface area contributed by atoms with Gasteiger partial charge in [0.25, 0.3) is 0 Å². The van der Waals surface area contributed by atoms with Gasteiger partial charge in [-0.15, -0.1) is 0 Å². The number of benzene rings is 1. The maximum Gasteiger partial charge on any atom is 0.360 e. The molecular weight excluding hydrogens is 280 g/mol. The van der Waals surface area contributed by atoms with Crippen molar-refractivity contribution in [3.63, 3.8) is 0 Å². The van der Waals surface area contributed by atoms with Crippen LogP contribution in [-0.2, 0) is 6.42 Å². The molecule has 0 radical (unpaired) electrons. The molecule has 0 fully saturated rings. The summed E-state index contributed by atoms with van der Waals surface area (Å²) in [5.74, 6) is -1.34. The zero-order chi connectivity index (χ0) is 14.9. The summed E-state index contributed by atoms with van der Waals surface area (Å²) in [5, 5.41) is 13.5. The minimum Gasteiger partial charge on any atom is -0.476 e. The number of hydrogen-bond acceptors (Lipinski definition) is 3. The van der Waals surface area contributed by atoms with Crippen molar-refractivity contribution >= 4 is 17.6 Å². The van der Waals surface area contributed by atoms with Crippen LogP contribution in [0.2, 0.25) is 5.02 Å². The van der Waals surface area contributed by atoms with Gasteiger partial charge < -0.3 is 5.11 Å². The van der Waals surface area contributed by atoms with Crippen LogP contribution in [0.25, 0.3) is 5.69 Å². The van der Waals surface area contributed by atoms with Crippen molar-refractivity contribution in [2.24, 2.45) is 0 Å². The SMILES string of the molecule is CCc1cn(-c2ccc(C)c(Cl)c2)nc(C(=O)O)c1=O. The number of carboxylic acids is 1. The summed E-state index contributed by atoms with van der Waals surface area (Å²) < 4.78 is 1.37. The summed E-state index contributed by atoms with van der Waals surface area (Å²) in [6.45, 7) is 3.65. The molecule has 1 aromatic heterocycles. The van der Waals surface area contributed by atoms with E-state index >= 15 is 0 Å². The fourth-order valence-electron chi connectivity index (χ4n) is 1.79. The van der Waals surface area contributed by atoms with Gasteiger partial charge in [-0.25, -0.2) is 9.48 Å². The Hall–Kier alpha value is -2.14. The number of carboxylic acid groups (broad SMARTS) is 1. The Morgan fingerprint density at radius 1 is 1.45 bits per heavy atom. The molecule has 0 spiro atoms. The summed E-state index contributed by atoms with van der Waals surface area (Å²) >= 11 is 6.05. The monoisotopic (exact) mass is 292 g/mol. The standard InChI is InChI=1S/C14H13ClN2O3/c1-3-9-7-17(16-12(13(9)18)14(19)20)10-5-4-8(2)11(15)6-10/h4-7H,3H2,1-2H3,(H,19,20). The van der Waals surface area contributed by atoms with Crippen LogP contribution in [0.5, 0.6) is 0 Å². The smallest absolute Gasteiger partial charge is 0.360 e. The Labute approximate surface area is 120 Å². The number of rotatable bonds is 3. The summed E-state index contributed by atoms with van der Waals surface area (Å²) in [6, 6.07) is 5.26. The zero-order valence-electron chi connectivity index (χ0n) is 11.1. The number of carbonyl (C=O) groups is 1. The summed E-state index contributed by atoms with van der Waals surface area (Å²) in [5.41, 5.74) is 0.882.